The second kappa shape index (κ2) is 29.5. The topological polar surface area (TPSA) is 220 Å². The lowest BCUT2D eigenvalue weighted by atomic mass is 9.78. The summed E-state index contributed by atoms with van der Waals surface area (Å²) in [5, 5.41) is 23.7. The van der Waals surface area contributed by atoms with E-state index in [-0.39, 0.29) is 56.0 Å². The van der Waals surface area contributed by atoms with Gasteiger partial charge in [0, 0.05) is 64.0 Å². The van der Waals surface area contributed by atoms with E-state index in [2.05, 4.69) is 0 Å². The summed E-state index contributed by atoms with van der Waals surface area (Å²) in [5.74, 6) is -8.89. The van der Waals surface area contributed by atoms with Crippen LogP contribution in [0.2, 0.25) is 0 Å². The van der Waals surface area contributed by atoms with E-state index in [4.69, 9.17) is 37.9 Å². The van der Waals surface area contributed by atoms with Crippen LogP contribution >= 0.6 is 0 Å². The van der Waals surface area contributed by atoms with Crippen molar-refractivity contribution in [2.45, 2.75) is 193 Å². The van der Waals surface area contributed by atoms with E-state index in [1.54, 1.807) is 48.0 Å². The van der Waals surface area contributed by atoms with Gasteiger partial charge in [0.15, 0.2) is 12.1 Å². The van der Waals surface area contributed by atoms with E-state index in [9.17, 15) is 39.0 Å². The first kappa shape index (κ1) is 64.4. The standard InChI is InChI=1S/C63H91NO16/c1-38-20-14-12-15-21-39(2)51(73-9)34-47-27-25-44(7)63(72,80-47)57(68)58(69)64-29-19-18-24-48(64)59(70)78-52(35-49(65)40(3)31-43(6)55(67)56(75-11)54(66)42(5)30-38)41(4)32-45-26-28-50(53(33-45)74-10)79-61(71)62(8)36-76-60(77-37-62)46-22-16-13-17-23-46/h12-17,20-23,31,38,40-42,44-45,47-48,50-53,55-56,60,67,72H,18-19,24-30,32-37H2,1-11H3/b15-12+,20-14+,39-21+,43-31+. The van der Waals surface area contributed by atoms with Crippen LogP contribution in [0.4, 0.5) is 0 Å². The fourth-order valence-electron chi connectivity index (χ4n) is 12.0. The number of rotatable bonds is 9. The average Bonchev–Trinajstić information content (AvgIpc) is 3.57. The minimum Gasteiger partial charge on any atom is -0.460 e. The maximum absolute atomic E-state index is 14.7. The van der Waals surface area contributed by atoms with E-state index in [1.807, 2.05) is 88.4 Å². The van der Waals surface area contributed by atoms with E-state index < -0.39 is 114 Å². The van der Waals surface area contributed by atoms with Crippen LogP contribution in [0.25, 0.3) is 0 Å². The third-order valence-electron chi connectivity index (χ3n) is 17.4. The van der Waals surface area contributed by atoms with Crippen LogP contribution in [-0.2, 0) is 66.7 Å². The second-order valence-electron chi connectivity index (χ2n) is 23.9. The summed E-state index contributed by atoms with van der Waals surface area (Å²) in [6.07, 6.45) is 9.77. The highest BCUT2D eigenvalue weighted by molar-refractivity contribution is 6.39. The van der Waals surface area contributed by atoms with Crippen molar-refractivity contribution in [3.63, 3.8) is 0 Å². The number of cyclic esters (lactones) is 1. The number of carbonyl (C=O) groups excluding carboxylic acids is 6. The lowest BCUT2D eigenvalue weighted by molar-refractivity contribution is -0.265. The fraction of sp³-hybridized carbons (Fsp3) is 0.683. The van der Waals surface area contributed by atoms with Crippen molar-refractivity contribution in [2.75, 3.05) is 41.1 Å². The minimum absolute atomic E-state index is 0.000113. The lowest BCUT2D eigenvalue weighted by Gasteiger charge is -2.42. The Bertz CT molecular complexity index is 2390. The van der Waals surface area contributed by atoms with Gasteiger partial charge in [-0.2, -0.15) is 0 Å². The number of methoxy groups -OCH3 is 3. The Balaban J connectivity index is 1.23. The molecule has 1 aromatic rings. The molecule has 4 aliphatic heterocycles. The van der Waals surface area contributed by atoms with Gasteiger partial charge in [0.25, 0.3) is 11.7 Å². The zero-order chi connectivity index (χ0) is 58.5. The third-order valence-corrected chi connectivity index (χ3v) is 17.4. The van der Waals surface area contributed by atoms with E-state index in [0.29, 0.717) is 69.8 Å². The molecule has 4 heterocycles. The van der Waals surface area contributed by atoms with Crippen LogP contribution in [0.3, 0.4) is 0 Å². The molecule has 15 unspecified atom stereocenters. The van der Waals surface area contributed by atoms with Crippen LogP contribution in [0.1, 0.15) is 144 Å². The first-order valence-corrected chi connectivity index (χ1v) is 29.0. The normalized spacial score (nSPS) is 38.9. The molecule has 0 radical (unpaired) electrons. The molecule has 444 valence electrons. The Morgan fingerprint density at radius 3 is 2.21 bits per heavy atom. The summed E-state index contributed by atoms with van der Waals surface area (Å²) >= 11 is 0. The van der Waals surface area contributed by atoms with Gasteiger partial charge in [-0.15, -0.1) is 0 Å². The Kier molecular flexibility index (Phi) is 23.8. The van der Waals surface area contributed by atoms with Gasteiger partial charge in [-0.3, -0.25) is 24.0 Å². The van der Waals surface area contributed by atoms with Gasteiger partial charge in [-0.05, 0) is 114 Å². The molecular weight excluding hydrogens is 1030 g/mol. The highest BCUT2D eigenvalue weighted by Gasteiger charge is 2.53. The van der Waals surface area contributed by atoms with Crippen LogP contribution in [-0.4, -0.2) is 146 Å². The van der Waals surface area contributed by atoms with Crippen molar-refractivity contribution in [2.24, 2.45) is 40.9 Å². The summed E-state index contributed by atoms with van der Waals surface area (Å²) in [4.78, 5) is 86.7. The van der Waals surface area contributed by atoms with Gasteiger partial charge in [0.2, 0.25) is 5.79 Å². The molecule has 1 amide bonds. The molecular formula is C63H91NO16. The van der Waals surface area contributed by atoms with Gasteiger partial charge in [-0.25, -0.2) is 4.79 Å². The summed E-state index contributed by atoms with van der Waals surface area (Å²) < 4.78 is 48.2. The number of fused-ring (bicyclic) bond motifs is 3. The predicted molar refractivity (Wildman–Crippen MR) is 298 cm³/mol. The first-order valence-electron chi connectivity index (χ1n) is 29.0. The summed E-state index contributed by atoms with van der Waals surface area (Å²) in [6.45, 7) is 14.7. The molecule has 17 nitrogen and oxygen atoms in total. The number of hydrogen-bond acceptors (Lipinski definition) is 16. The fourth-order valence-corrected chi connectivity index (χ4v) is 12.0. The molecule has 0 aromatic heterocycles. The number of hydrogen-bond donors (Lipinski definition) is 2. The van der Waals surface area contributed by atoms with Crippen molar-refractivity contribution < 1.29 is 76.9 Å². The van der Waals surface area contributed by atoms with Crippen molar-refractivity contribution >= 4 is 35.2 Å². The number of aliphatic hydroxyl groups excluding tert-OH is 1. The van der Waals surface area contributed by atoms with Crippen molar-refractivity contribution in [3.05, 3.63) is 83.5 Å². The molecule has 6 rings (SSSR count). The molecule has 3 saturated heterocycles. The quantitative estimate of drug-likeness (QED) is 0.135. The zero-order valence-corrected chi connectivity index (χ0v) is 49.2. The van der Waals surface area contributed by atoms with E-state index in [1.165, 1.54) is 12.0 Å². The van der Waals surface area contributed by atoms with Gasteiger partial charge >= 0.3 is 11.9 Å². The van der Waals surface area contributed by atoms with Gasteiger partial charge in [0.05, 0.1) is 31.5 Å². The summed E-state index contributed by atoms with van der Waals surface area (Å²) in [6, 6.07) is 8.32. The lowest BCUT2D eigenvalue weighted by Crippen LogP contribution is -2.61. The minimum atomic E-state index is -2.46. The molecule has 15 atom stereocenters. The number of aliphatic hydroxyl groups is 2. The average molecular weight is 1120 g/mol. The number of nitrogens with zero attached hydrogens (tertiary/aromatic N) is 1. The molecule has 4 fully saturated rings. The van der Waals surface area contributed by atoms with Crippen molar-refractivity contribution in [1.29, 1.82) is 0 Å². The number of piperidine rings is 1. The maximum Gasteiger partial charge on any atom is 0.329 e. The molecule has 1 saturated carbocycles. The Morgan fingerprint density at radius 2 is 1.54 bits per heavy atom. The number of benzene rings is 1. The second-order valence-corrected chi connectivity index (χ2v) is 23.9. The molecule has 0 spiro atoms. The molecule has 1 aromatic carbocycles. The van der Waals surface area contributed by atoms with Gasteiger partial charge < -0.3 is 53.0 Å². The van der Waals surface area contributed by atoms with Crippen molar-refractivity contribution in [1.82, 2.24) is 4.90 Å². The highest BCUT2D eigenvalue weighted by Crippen LogP contribution is 2.40. The van der Waals surface area contributed by atoms with Crippen LogP contribution < -0.4 is 0 Å². The predicted octanol–water partition coefficient (Wildman–Crippen LogP) is 8.48. The van der Waals surface area contributed by atoms with E-state index in [0.717, 1.165) is 11.1 Å². The largest absolute Gasteiger partial charge is 0.460 e. The zero-order valence-electron chi connectivity index (χ0n) is 49.2. The number of esters is 2. The number of ketones is 3. The van der Waals surface area contributed by atoms with Gasteiger partial charge in [0.1, 0.15) is 41.7 Å². The maximum atomic E-state index is 14.7. The number of amides is 1. The van der Waals surface area contributed by atoms with Gasteiger partial charge in [-0.1, -0.05) is 101 Å². The molecule has 1 aliphatic carbocycles. The highest BCUT2D eigenvalue weighted by atomic mass is 16.7. The molecule has 2 N–H and O–H groups in total. The Hall–Kier alpha value is -4.72. The number of allylic oxidation sites excluding steroid dienone is 6. The van der Waals surface area contributed by atoms with Crippen LogP contribution in [0.5, 0.6) is 0 Å². The summed E-state index contributed by atoms with van der Waals surface area (Å²) in [7, 11) is 4.52. The smallest absolute Gasteiger partial charge is 0.329 e. The van der Waals surface area contributed by atoms with Crippen molar-refractivity contribution in [3.8, 4) is 0 Å². The first-order chi connectivity index (χ1) is 38.0. The monoisotopic (exact) mass is 1120 g/mol. The van der Waals surface area contributed by atoms with Crippen LogP contribution in [0, 0.1) is 40.9 Å². The number of carbonyl (C=O) groups is 6. The third kappa shape index (κ3) is 16.3. The Morgan fingerprint density at radius 1 is 0.825 bits per heavy atom. The van der Waals surface area contributed by atoms with Crippen LogP contribution in [0.15, 0.2) is 77.9 Å². The molecule has 5 aliphatic rings. The number of ether oxygens (including phenoxy) is 8. The van der Waals surface area contributed by atoms with E-state index >= 15 is 0 Å². The molecule has 2 bridgehead atoms. The SMILES string of the molecule is COC1CC2CCC(C)C(O)(O2)C(=O)C(=O)N2CCCCC2C(=O)OC(C(C)CC2CCC(OC(=O)C3(C)COC(c4ccccc4)OC3)C(OC)C2)CC(=O)C(C)/C=C(\C)C(O)C(OC)C(=O)C(C)CC(C)/C=C/C=C/C=C/1C. The summed E-state index contributed by atoms with van der Waals surface area (Å²) in [5.41, 5.74) is 1.05. The Labute approximate surface area is 474 Å². The molecule has 80 heavy (non-hydrogen) atoms. The number of Topliss-reactive ketones (excluding diaryl/α,β-unsaturated/α-hetero) is 3. The molecule has 17 heteroatoms.